The van der Waals surface area contributed by atoms with Crippen LogP contribution in [0.1, 0.15) is 12.8 Å². The van der Waals surface area contributed by atoms with Gasteiger partial charge in [0.05, 0.1) is 16.5 Å². The van der Waals surface area contributed by atoms with Gasteiger partial charge in [0.25, 0.3) is 0 Å². The fourth-order valence-corrected chi connectivity index (χ4v) is 3.22. The molecule has 6 heteroatoms. The van der Waals surface area contributed by atoms with E-state index in [2.05, 4.69) is 4.72 Å². The van der Waals surface area contributed by atoms with Crippen LogP contribution in [0.2, 0.25) is 5.02 Å². The van der Waals surface area contributed by atoms with Gasteiger partial charge < -0.3 is 5.11 Å². The van der Waals surface area contributed by atoms with E-state index < -0.39 is 10.0 Å². The fraction of sp³-hybridized carbons (Fsp3) is 0.400. The minimum atomic E-state index is -3.32. The Morgan fingerprint density at radius 3 is 2.69 bits per heavy atom. The van der Waals surface area contributed by atoms with Crippen LogP contribution in [0, 0.1) is 5.92 Å². The molecule has 0 radical (unpaired) electrons. The average Bonchev–Trinajstić information content (AvgIpc) is 2.93. The van der Waals surface area contributed by atoms with E-state index in [0.29, 0.717) is 5.69 Å². The average molecular weight is 262 g/mol. The third-order valence-electron chi connectivity index (χ3n) is 2.37. The van der Waals surface area contributed by atoms with Crippen LogP contribution in [0.5, 0.6) is 5.75 Å². The minimum Gasteiger partial charge on any atom is -0.508 e. The highest BCUT2D eigenvalue weighted by atomic mass is 35.5. The van der Waals surface area contributed by atoms with Gasteiger partial charge in [-0.3, -0.25) is 4.72 Å². The number of phenols is 1. The van der Waals surface area contributed by atoms with Crippen LogP contribution >= 0.6 is 11.6 Å². The summed E-state index contributed by atoms with van der Waals surface area (Å²) in [6, 6.07) is 4.14. The van der Waals surface area contributed by atoms with Gasteiger partial charge in [-0.15, -0.1) is 0 Å². The fourth-order valence-electron chi connectivity index (χ4n) is 1.39. The number of hydrogen-bond donors (Lipinski definition) is 2. The highest BCUT2D eigenvalue weighted by Crippen LogP contribution is 2.32. The summed E-state index contributed by atoms with van der Waals surface area (Å²) in [7, 11) is -3.32. The molecule has 0 aliphatic heterocycles. The van der Waals surface area contributed by atoms with Crippen molar-refractivity contribution < 1.29 is 13.5 Å². The van der Waals surface area contributed by atoms with E-state index in [1.807, 2.05) is 0 Å². The molecule has 1 saturated carbocycles. The summed E-state index contributed by atoms with van der Waals surface area (Å²) in [6.07, 6.45) is 1.95. The zero-order valence-corrected chi connectivity index (χ0v) is 10.1. The second kappa shape index (κ2) is 4.14. The number of sulfonamides is 1. The Bertz CT molecular complexity index is 497. The summed E-state index contributed by atoms with van der Waals surface area (Å²) in [5, 5.41) is 9.32. The maximum atomic E-state index is 11.7. The zero-order chi connectivity index (χ0) is 11.8. The molecule has 0 aromatic heterocycles. The summed E-state index contributed by atoms with van der Waals surface area (Å²) < 4.78 is 25.7. The molecule has 0 bridgehead atoms. The molecule has 4 nitrogen and oxygen atoms in total. The van der Waals surface area contributed by atoms with Crippen molar-refractivity contribution in [1.29, 1.82) is 0 Å². The molecule has 2 N–H and O–H groups in total. The van der Waals surface area contributed by atoms with Crippen LogP contribution in [0.4, 0.5) is 5.69 Å². The van der Waals surface area contributed by atoms with Crippen LogP contribution < -0.4 is 4.72 Å². The molecule has 2 rings (SSSR count). The molecule has 0 spiro atoms. The Kier molecular flexibility index (Phi) is 2.99. The molecule has 1 aliphatic carbocycles. The van der Waals surface area contributed by atoms with Gasteiger partial charge in [-0.25, -0.2) is 8.42 Å². The number of halogens is 1. The molecule has 1 fully saturated rings. The summed E-state index contributed by atoms with van der Waals surface area (Å²) in [5.41, 5.74) is 0.306. The second-order valence-corrected chi connectivity index (χ2v) is 6.17. The maximum absolute atomic E-state index is 11.7. The van der Waals surface area contributed by atoms with Crippen molar-refractivity contribution >= 4 is 27.3 Å². The molecule has 1 aromatic carbocycles. The van der Waals surface area contributed by atoms with Crippen molar-refractivity contribution in [3.8, 4) is 5.75 Å². The monoisotopic (exact) mass is 261 g/mol. The second-order valence-electron chi connectivity index (χ2n) is 3.99. The first-order valence-corrected chi connectivity index (χ1v) is 6.98. The van der Waals surface area contributed by atoms with Crippen LogP contribution in [0.25, 0.3) is 0 Å². The van der Waals surface area contributed by atoms with Gasteiger partial charge >= 0.3 is 0 Å². The van der Waals surface area contributed by atoms with Crippen molar-refractivity contribution in [2.24, 2.45) is 5.92 Å². The van der Waals surface area contributed by atoms with E-state index in [1.54, 1.807) is 0 Å². The highest BCUT2D eigenvalue weighted by Gasteiger charge is 2.28. The van der Waals surface area contributed by atoms with Crippen molar-refractivity contribution in [2.45, 2.75) is 12.8 Å². The lowest BCUT2D eigenvalue weighted by Gasteiger charge is -2.09. The smallest absolute Gasteiger partial charge is 0.233 e. The quantitative estimate of drug-likeness (QED) is 0.817. The van der Waals surface area contributed by atoms with Gasteiger partial charge in [0.15, 0.2) is 0 Å². The largest absolute Gasteiger partial charge is 0.508 e. The molecule has 0 heterocycles. The van der Waals surface area contributed by atoms with E-state index in [-0.39, 0.29) is 22.4 Å². The number of anilines is 1. The number of phenolic OH excluding ortho intramolecular Hbond substituents is 1. The number of hydrogen-bond acceptors (Lipinski definition) is 3. The molecule has 0 saturated heterocycles. The summed E-state index contributed by atoms with van der Waals surface area (Å²) >= 11 is 5.80. The van der Waals surface area contributed by atoms with Gasteiger partial charge in [0, 0.05) is 6.07 Å². The molecule has 0 unspecified atom stereocenters. The normalized spacial score (nSPS) is 16.1. The molecule has 1 aromatic rings. The minimum absolute atomic E-state index is 0.00939. The Morgan fingerprint density at radius 1 is 1.44 bits per heavy atom. The lowest BCUT2D eigenvalue weighted by atomic mass is 10.3. The summed E-state index contributed by atoms with van der Waals surface area (Å²) in [6.45, 7) is 0. The first-order valence-electron chi connectivity index (χ1n) is 4.95. The van der Waals surface area contributed by atoms with Crippen molar-refractivity contribution in [3.05, 3.63) is 23.2 Å². The number of nitrogens with one attached hydrogen (secondary N) is 1. The van der Waals surface area contributed by atoms with Crippen LogP contribution in [-0.4, -0.2) is 19.3 Å². The van der Waals surface area contributed by atoms with Crippen LogP contribution in [0.3, 0.4) is 0 Å². The first-order chi connectivity index (χ1) is 7.46. The van der Waals surface area contributed by atoms with E-state index in [0.717, 1.165) is 12.8 Å². The van der Waals surface area contributed by atoms with Crippen molar-refractivity contribution in [1.82, 2.24) is 0 Å². The predicted octanol–water partition coefficient (Wildman–Crippen LogP) is 2.20. The van der Waals surface area contributed by atoms with Gasteiger partial charge in [-0.2, -0.15) is 0 Å². The molecule has 16 heavy (non-hydrogen) atoms. The van der Waals surface area contributed by atoms with Crippen LogP contribution in [-0.2, 0) is 10.0 Å². The molecule has 0 amide bonds. The lowest BCUT2D eigenvalue weighted by molar-refractivity contribution is 0.475. The van der Waals surface area contributed by atoms with E-state index in [4.69, 9.17) is 16.7 Å². The van der Waals surface area contributed by atoms with Crippen molar-refractivity contribution in [3.63, 3.8) is 0 Å². The third-order valence-corrected chi connectivity index (χ3v) is 4.12. The van der Waals surface area contributed by atoms with Gasteiger partial charge in [0.2, 0.25) is 10.0 Å². The van der Waals surface area contributed by atoms with E-state index >= 15 is 0 Å². The molecule has 0 atom stereocenters. The third kappa shape index (κ3) is 3.02. The number of benzene rings is 1. The summed E-state index contributed by atoms with van der Waals surface area (Å²) in [4.78, 5) is 0. The number of rotatable bonds is 4. The standard InChI is InChI=1S/C10H12ClNO3S/c11-9-5-8(13)3-4-10(9)12-16(14,15)6-7-1-2-7/h3-5,7,12-13H,1-2,6H2. The Hall–Kier alpha value is -0.940. The highest BCUT2D eigenvalue weighted by molar-refractivity contribution is 7.92. The van der Waals surface area contributed by atoms with Gasteiger partial charge in [0.1, 0.15) is 5.75 Å². The SMILES string of the molecule is O=S(=O)(CC1CC1)Nc1ccc(O)cc1Cl. The maximum Gasteiger partial charge on any atom is 0.233 e. The van der Waals surface area contributed by atoms with Gasteiger partial charge in [-0.1, -0.05) is 11.6 Å². The van der Waals surface area contributed by atoms with E-state index in [1.165, 1.54) is 18.2 Å². The number of aromatic hydroxyl groups is 1. The molecule has 88 valence electrons. The predicted molar refractivity (Wildman–Crippen MR) is 63.3 cm³/mol. The zero-order valence-electron chi connectivity index (χ0n) is 8.48. The Labute approximate surface area is 99.3 Å². The topological polar surface area (TPSA) is 66.4 Å². The first kappa shape index (κ1) is 11.5. The summed E-state index contributed by atoms with van der Waals surface area (Å²) in [5.74, 6) is 0.438. The van der Waals surface area contributed by atoms with Crippen molar-refractivity contribution in [2.75, 3.05) is 10.5 Å². The lowest BCUT2D eigenvalue weighted by Crippen LogP contribution is -2.17. The Morgan fingerprint density at radius 2 is 2.12 bits per heavy atom. The molecular weight excluding hydrogens is 250 g/mol. The molecule has 1 aliphatic rings. The van der Waals surface area contributed by atoms with E-state index in [9.17, 15) is 8.42 Å². The van der Waals surface area contributed by atoms with Gasteiger partial charge in [-0.05, 0) is 30.9 Å². The van der Waals surface area contributed by atoms with Crippen LogP contribution in [0.15, 0.2) is 18.2 Å². The molecular formula is C10H12ClNO3S. The Balaban J connectivity index is 2.13.